The first-order chi connectivity index (χ1) is 15.5. The first-order valence-electron chi connectivity index (χ1n) is 11.2. The summed E-state index contributed by atoms with van der Waals surface area (Å²) >= 11 is 0. The van der Waals surface area contributed by atoms with Gasteiger partial charge in [0.15, 0.2) is 5.82 Å². The number of nitrogen functional groups attached to an aromatic ring is 1. The van der Waals surface area contributed by atoms with Gasteiger partial charge in [-0.05, 0) is 57.4 Å². The maximum absolute atomic E-state index is 13.4. The van der Waals surface area contributed by atoms with Crippen molar-refractivity contribution >= 4 is 29.4 Å². The van der Waals surface area contributed by atoms with E-state index >= 15 is 0 Å². The van der Waals surface area contributed by atoms with Crippen LogP contribution in [-0.4, -0.2) is 57.8 Å². The van der Waals surface area contributed by atoms with Gasteiger partial charge in [-0.1, -0.05) is 6.42 Å². The van der Waals surface area contributed by atoms with Gasteiger partial charge in [-0.25, -0.2) is 14.2 Å². The fourth-order valence-electron chi connectivity index (χ4n) is 4.52. The number of imide groups is 1. The molecule has 11 heteroatoms. The number of hydrogen-bond donors (Lipinski definition) is 4. The van der Waals surface area contributed by atoms with E-state index in [9.17, 15) is 23.6 Å². The van der Waals surface area contributed by atoms with Crippen molar-refractivity contribution in [3.8, 4) is 0 Å². The van der Waals surface area contributed by atoms with E-state index in [1.807, 2.05) is 6.92 Å². The lowest BCUT2D eigenvalue weighted by atomic mass is 9.71. The molecule has 5 amide bonds. The van der Waals surface area contributed by atoms with Crippen LogP contribution < -0.4 is 21.7 Å². The Hall–Kier alpha value is -3.24. The quantitative estimate of drug-likeness (QED) is 0.425. The van der Waals surface area contributed by atoms with Crippen LogP contribution in [0.2, 0.25) is 0 Å². The number of hydrogen-bond acceptors (Lipinski definition) is 6. The van der Waals surface area contributed by atoms with Gasteiger partial charge in [-0.2, -0.15) is 0 Å². The number of amides is 5. The van der Waals surface area contributed by atoms with E-state index in [0.717, 1.165) is 43.2 Å². The van der Waals surface area contributed by atoms with Crippen molar-refractivity contribution in [1.29, 1.82) is 0 Å². The van der Waals surface area contributed by atoms with Crippen LogP contribution in [0.5, 0.6) is 0 Å². The Morgan fingerprint density at radius 3 is 2.61 bits per heavy atom. The monoisotopic (exact) mass is 460 g/mol. The van der Waals surface area contributed by atoms with E-state index in [2.05, 4.69) is 20.9 Å². The van der Waals surface area contributed by atoms with Crippen molar-refractivity contribution in [2.75, 3.05) is 18.8 Å². The highest BCUT2D eigenvalue weighted by Crippen LogP contribution is 2.42. The van der Waals surface area contributed by atoms with Gasteiger partial charge in [0.1, 0.15) is 17.8 Å². The molecule has 2 unspecified atom stereocenters. The summed E-state index contributed by atoms with van der Waals surface area (Å²) < 4.78 is 13.4. The van der Waals surface area contributed by atoms with Crippen molar-refractivity contribution in [2.45, 2.75) is 57.0 Å². The highest BCUT2D eigenvalue weighted by atomic mass is 19.1. The summed E-state index contributed by atoms with van der Waals surface area (Å²) in [6.45, 7) is 3.22. The maximum Gasteiger partial charge on any atom is 0.325 e. The lowest BCUT2D eigenvalue weighted by Crippen LogP contribution is -2.60. The van der Waals surface area contributed by atoms with Crippen LogP contribution in [0.1, 0.15) is 56.4 Å². The number of pyridine rings is 1. The number of nitrogens with two attached hydrogens (primary N) is 1. The summed E-state index contributed by atoms with van der Waals surface area (Å²) in [6, 6.07) is 0.596. The van der Waals surface area contributed by atoms with Crippen LogP contribution in [0.3, 0.4) is 0 Å². The minimum absolute atomic E-state index is 0.0236. The normalized spacial score (nSPS) is 24.6. The molecule has 0 radical (unpaired) electrons. The molecule has 1 aromatic rings. The number of nitrogens with zero attached hydrogens (tertiary/aromatic N) is 2. The predicted octanol–water partition coefficient (Wildman–Crippen LogP) is 0.928. The summed E-state index contributed by atoms with van der Waals surface area (Å²) in [5.74, 6) is -1.90. The number of urea groups is 1. The highest BCUT2D eigenvalue weighted by molar-refractivity contribution is 6.09. The zero-order valence-corrected chi connectivity index (χ0v) is 18.7. The van der Waals surface area contributed by atoms with Gasteiger partial charge >= 0.3 is 6.03 Å². The zero-order valence-electron chi connectivity index (χ0n) is 18.7. The molecule has 2 saturated carbocycles. The minimum Gasteiger partial charge on any atom is -0.396 e. The average molecular weight is 461 g/mol. The van der Waals surface area contributed by atoms with Crippen LogP contribution in [-0.2, 0) is 9.59 Å². The molecule has 33 heavy (non-hydrogen) atoms. The number of nitrogens with one attached hydrogen (secondary N) is 3. The molecule has 4 rings (SSSR count). The number of aromatic nitrogens is 1. The minimum atomic E-state index is -0.949. The topological polar surface area (TPSA) is 147 Å². The maximum atomic E-state index is 13.4. The molecule has 0 spiro atoms. The number of halogens is 1. The first kappa shape index (κ1) is 22.9. The summed E-state index contributed by atoms with van der Waals surface area (Å²) in [4.78, 5) is 55.2. The van der Waals surface area contributed by atoms with Gasteiger partial charge in [0.25, 0.3) is 11.8 Å². The van der Waals surface area contributed by atoms with Crippen LogP contribution in [0, 0.1) is 17.7 Å². The fraction of sp³-hybridized carbons (Fsp3) is 0.591. The van der Waals surface area contributed by atoms with Crippen molar-refractivity contribution in [1.82, 2.24) is 25.8 Å². The average Bonchev–Trinajstić information content (AvgIpc) is 3.53. The van der Waals surface area contributed by atoms with E-state index < -0.39 is 41.3 Å². The molecular weight excluding hydrogens is 431 g/mol. The van der Waals surface area contributed by atoms with E-state index in [1.54, 1.807) is 6.92 Å². The third-order valence-electron chi connectivity index (χ3n) is 7.17. The molecule has 0 bridgehead atoms. The molecule has 1 aromatic heterocycles. The first-order valence-corrected chi connectivity index (χ1v) is 11.2. The van der Waals surface area contributed by atoms with Crippen LogP contribution in [0.4, 0.5) is 14.9 Å². The number of anilines is 1. The van der Waals surface area contributed by atoms with E-state index in [4.69, 9.17) is 5.73 Å². The van der Waals surface area contributed by atoms with Crippen molar-refractivity contribution < 1.29 is 23.6 Å². The van der Waals surface area contributed by atoms with E-state index in [-0.39, 0.29) is 35.7 Å². The molecule has 2 heterocycles. The van der Waals surface area contributed by atoms with Gasteiger partial charge in [-0.15, -0.1) is 0 Å². The molecule has 1 aliphatic heterocycles. The molecule has 5 N–H and O–H groups in total. The number of rotatable bonds is 8. The lowest BCUT2D eigenvalue weighted by Gasteiger charge is -2.43. The number of carbonyl (C=O) groups excluding carboxylic acids is 4. The molecule has 10 nitrogen and oxygen atoms in total. The molecule has 1 saturated heterocycles. The molecule has 0 aromatic carbocycles. The Labute approximate surface area is 190 Å². The second kappa shape index (κ2) is 8.27. The Kier molecular flexibility index (Phi) is 5.75. The third-order valence-corrected chi connectivity index (χ3v) is 7.17. The molecular formula is C22H29FN6O4. The molecule has 3 aliphatic rings. The van der Waals surface area contributed by atoms with Crippen LogP contribution in [0.25, 0.3) is 0 Å². The van der Waals surface area contributed by atoms with Crippen molar-refractivity contribution in [3.63, 3.8) is 0 Å². The summed E-state index contributed by atoms with van der Waals surface area (Å²) in [6.07, 6.45) is 5.39. The van der Waals surface area contributed by atoms with Crippen LogP contribution >= 0.6 is 0 Å². The molecule has 3 fully saturated rings. The van der Waals surface area contributed by atoms with Gasteiger partial charge < -0.3 is 21.7 Å². The van der Waals surface area contributed by atoms with Gasteiger partial charge in [0.2, 0.25) is 5.91 Å². The second-order valence-electron chi connectivity index (χ2n) is 9.67. The summed E-state index contributed by atoms with van der Waals surface area (Å²) in [5.41, 5.74) is 3.59. The zero-order chi connectivity index (χ0) is 24.0. The van der Waals surface area contributed by atoms with Gasteiger partial charge in [0.05, 0.1) is 17.4 Å². The van der Waals surface area contributed by atoms with E-state index in [1.165, 1.54) is 6.07 Å². The standard InChI is InChI=1S/C22H29FN6O4/c1-21(12-4-3-5-12,27-18(31)16-8-15(24)14(23)9-25-16)11-26-17(30)10-29-19(32)22(2,13-6-7-13)28-20(29)33/h8-9,12-13H,3-7,10-11H2,1-2H3,(H2,24,25)(H,26,30)(H,27,31)(H,28,33). The number of carbonyl (C=O) groups is 4. The molecule has 2 atom stereocenters. The summed E-state index contributed by atoms with van der Waals surface area (Å²) in [7, 11) is 0. The van der Waals surface area contributed by atoms with Crippen molar-refractivity contribution in [3.05, 3.63) is 23.8 Å². The SMILES string of the molecule is CC(CNC(=O)CN1C(=O)NC(C)(C2CC2)C1=O)(NC(=O)c1cc(N)c(F)cn1)C1CCC1. The molecule has 2 aliphatic carbocycles. The lowest BCUT2D eigenvalue weighted by molar-refractivity contribution is -0.135. The smallest absolute Gasteiger partial charge is 0.325 e. The Morgan fingerprint density at radius 1 is 1.33 bits per heavy atom. The Balaban J connectivity index is 1.39. The molecule has 178 valence electrons. The highest BCUT2D eigenvalue weighted by Gasteiger charge is 2.56. The van der Waals surface area contributed by atoms with Crippen LogP contribution in [0.15, 0.2) is 12.3 Å². The van der Waals surface area contributed by atoms with Gasteiger partial charge in [0, 0.05) is 6.54 Å². The van der Waals surface area contributed by atoms with Gasteiger partial charge in [-0.3, -0.25) is 19.3 Å². The fourth-order valence-corrected chi connectivity index (χ4v) is 4.52. The third kappa shape index (κ3) is 4.36. The Bertz CT molecular complexity index is 1010. The second-order valence-corrected chi connectivity index (χ2v) is 9.67. The summed E-state index contributed by atoms with van der Waals surface area (Å²) in [5, 5.41) is 8.38. The predicted molar refractivity (Wildman–Crippen MR) is 116 cm³/mol. The Morgan fingerprint density at radius 2 is 2.03 bits per heavy atom. The largest absolute Gasteiger partial charge is 0.396 e. The van der Waals surface area contributed by atoms with E-state index in [0.29, 0.717) is 0 Å². The van der Waals surface area contributed by atoms with Crippen molar-refractivity contribution in [2.24, 2.45) is 11.8 Å².